The van der Waals surface area contributed by atoms with Crippen LogP contribution in [0.4, 0.5) is 10.1 Å². The summed E-state index contributed by atoms with van der Waals surface area (Å²) in [6.07, 6.45) is 4.14. The molecule has 0 radical (unpaired) electrons. The van der Waals surface area contributed by atoms with Gasteiger partial charge in [0.05, 0.1) is 5.92 Å². The minimum Gasteiger partial charge on any atom is -0.550 e. The summed E-state index contributed by atoms with van der Waals surface area (Å²) in [6.45, 7) is 1.56. The van der Waals surface area contributed by atoms with E-state index in [0.29, 0.717) is 17.7 Å². The maximum Gasteiger partial charge on any atom is 0.228 e. The molecule has 1 aliphatic carbocycles. The molecule has 0 aliphatic heterocycles. The van der Waals surface area contributed by atoms with E-state index in [1.165, 1.54) is 12.1 Å². The molecular weight excluding hydrogens is 261 g/mol. The molecule has 1 aromatic rings. The van der Waals surface area contributed by atoms with Gasteiger partial charge in [-0.1, -0.05) is 18.2 Å². The van der Waals surface area contributed by atoms with Crippen molar-refractivity contribution < 1.29 is 19.1 Å². The van der Waals surface area contributed by atoms with Gasteiger partial charge in [0.2, 0.25) is 5.91 Å². The van der Waals surface area contributed by atoms with Crippen molar-refractivity contribution in [3.63, 3.8) is 0 Å². The van der Waals surface area contributed by atoms with Crippen LogP contribution in [0.3, 0.4) is 0 Å². The van der Waals surface area contributed by atoms with Crippen molar-refractivity contribution in [3.8, 4) is 0 Å². The summed E-state index contributed by atoms with van der Waals surface area (Å²) in [5.74, 6) is -3.59. The van der Waals surface area contributed by atoms with Gasteiger partial charge in [0, 0.05) is 23.1 Å². The summed E-state index contributed by atoms with van der Waals surface area (Å²) in [6, 6.07) is 4.39. The number of aliphatic carboxylic acids is 1. The van der Waals surface area contributed by atoms with Crippen LogP contribution in [0.25, 0.3) is 0 Å². The molecule has 2 rings (SSSR count). The molecule has 20 heavy (non-hydrogen) atoms. The maximum absolute atomic E-state index is 13.4. The second kappa shape index (κ2) is 5.86. The van der Waals surface area contributed by atoms with E-state index in [1.807, 2.05) is 0 Å². The first-order valence-corrected chi connectivity index (χ1v) is 6.42. The second-order valence-corrected chi connectivity index (χ2v) is 4.88. The van der Waals surface area contributed by atoms with Crippen molar-refractivity contribution in [3.05, 3.63) is 41.7 Å². The van der Waals surface area contributed by atoms with Gasteiger partial charge in [-0.3, -0.25) is 4.79 Å². The lowest BCUT2D eigenvalue weighted by molar-refractivity contribution is -0.313. The Kier molecular flexibility index (Phi) is 4.17. The number of benzene rings is 1. The van der Waals surface area contributed by atoms with Gasteiger partial charge in [0.25, 0.3) is 0 Å². The third-order valence-corrected chi connectivity index (χ3v) is 3.60. The van der Waals surface area contributed by atoms with E-state index < -0.39 is 29.5 Å². The second-order valence-electron chi connectivity index (χ2n) is 4.88. The lowest BCUT2D eigenvalue weighted by atomic mass is 9.82. The molecule has 106 valence electrons. The molecule has 0 heterocycles. The minimum atomic E-state index is -1.23. The molecule has 1 N–H and O–H groups in total. The Morgan fingerprint density at radius 1 is 1.25 bits per heavy atom. The van der Waals surface area contributed by atoms with Gasteiger partial charge in [-0.25, -0.2) is 4.39 Å². The Morgan fingerprint density at radius 2 is 1.90 bits per heavy atom. The SMILES string of the molecule is Cc1c(F)cccc1NC(=O)[C@@H]1CC=CC[C@@H]1C(=O)[O-]. The quantitative estimate of drug-likeness (QED) is 0.848. The van der Waals surface area contributed by atoms with Crippen LogP contribution in [0.15, 0.2) is 30.4 Å². The van der Waals surface area contributed by atoms with Gasteiger partial charge < -0.3 is 15.2 Å². The number of carboxylic acid groups (broad SMARTS) is 1. The van der Waals surface area contributed by atoms with Crippen LogP contribution in [0.2, 0.25) is 0 Å². The van der Waals surface area contributed by atoms with E-state index >= 15 is 0 Å². The number of amides is 1. The molecule has 2 atom stereocenters. The smallest absolute Gasteiger partial charge is 0.228 e. The molecular formula is C15H15FNO3-. The molecule has 4 nitrogen and oxygen atoms in total. The van der Waals surface area contributed by atoms with Crippen LogP contribution in [0, 0.1) is 24.6 Å². The largest absolute Gasteiger partial charge is 0.550 e. The van der Waals surface area contributed by atoms with Gasteiger partial charge in [-0.2, -0.15) is 0 Å². The Hall–Kier alpha value is -2.17. The zero-order chi connectivity index (χ0) is 14.7. The van der Waals surface area contributed by atoms with Gasteiger partial charge >= 0.3 is 0 Å². The standard InChI is InChI=1S/C15H16FNO3/c1-9-12(16)7-4-8-13(9)17-14(18)10-5-2-3-6-11(10)15(19)20/h2-4,7-8,10-11H,5-6H2,1H3,(H,17,18)(H,19,20)/p-1/t10-,11+/m1/s1. The molecule has 0 aromatic heterocycles. The average Bonchev–Trinajstić information content (AvgIpc) is 2.43. The first-order chi connectivity index (χ1) is 9.50. The van der Waals surface area contributed by atoms with Crippen molar-refractivity contribution in [2.24, 2.45) is 11.8 Å². The summed E-state index contributed by atoms with van der Waals surface area (Å²) in [4.78, 5) is 23.2. The molecule has 5 heteroatoms. The first-order valence-electron chi connectivity index (χ1n) is 6.42. The van der Waals surface area contributed by atoms with Gasteiger partial charge in [0.15, 0.2) is 0 Å². The molecule has 0 fully saturated rings. The van der Waals surface area contributed by atoms with E-state index in [0.717, 1.165) is 0 Å². The molecule has 1 amide bonds. The number of rotatable bonds is 3. The third kappa shape index (κ3) is 2.87. The van der Waals surface area contributed by atoms with Crippen LogP contribution < -0.4 is 10.4 Å². The highest BCUT2D eigenvalue weighted by molar-refractivity contribution is 5.95. The molecule has 0 bridgehead atoms. The van der Waals surface area contributed by atoms with Crippen molar-refractivity contribution in [1.82, 2.24) is 0 Å². The number of hydrogen-bond donors (Lipinski definition) is 1. The van der Waals surface area contributed by atoms with E-state index in [9.17, 15) is 19.1 Å². The third-order valence-electron chi connectivity index (χ3n) is 3.60. The highest BCUT2D eigenvalue weighted by Crippen LogP contribution is 2.27. The van der Waals surface area contributed by atoms with Gasteiger partial charge in [-0.05, 0) is 31.9 Å². The van der Waals surface area contributed by atoms with Crippen molar-refractivity contribution in [2.45, 2.75) is 19.8 Å². The number of allylic oxidation sites excluding steroid dienone is 2. The van der Waals surface area contributed by atoms with Crippen LogP contribution in [0.1, 0.15) is 18.4 Å². The predicted octanol–water partition coefficient (Wildman–Crippen LogP) is 1.40. The Bertz CT molecular complexity index is 568. The summed E-state index contributed by atoms with van der Waals surface area (Å²) >= 11 is 0. The Labute approximate surface area is 116 Å². The lowest BCUT2D eigenvalue weighted by Gasteiger charge is -2.28. The summed E-state index contributed by atoms with van der Waals surface area (Å²) < 4.78 is 13.4. The number of nitrogens with one attached hydrogen (secondary N) is 1. The van der Waals surface area contributed by atoms with Gasteiger partial charge in [-0.15, -0.1) is 0 Å². The molecule has 0 unspecified atom stereocenters. The summed E-state index contributed by atoms with van der Waals surface area (Å²) in [7, 11) is 0. The highest BCUT2D eigenvalue weighted by Gasteiger charge is 2.30. The first kappa shape index (κ1) is 14.2. The normalized spacial score (nSPS) is 21.5. The van der Waals surface area contributed by atoms with Crippen molar-refractivity contribution in [1.29, 1.82) is 0 Å². The monoisotopic (exact) mass is 276 g/mol. The number of anilines is 1. The average molecular weight is 276 g/mol. The lowest BCUT2D eigenvalue weighted by Crippen LogP contribution is -2.41. The van der Waals surface area contributed by atoms with E-state index in [1.54, 1.807) is 25.1 Å². The Balaban J connectivity index is 2.17. The maximum atomic E-state index is 13.4. The van der Waals surface area contributed by atoms with E-state index in [-0.39, 0.29) is 6.42 Å². The molecule has 0 saturated heterocycles. The van der Waals surface area contributed by atoms with E-state index in [4.69, 9.17) is 0 Å². The fourth-order valence-corrected chi connectivity index (χ4v) is 2.33. The number of carbonyl (C=O) groups is 2. The molecule has 0 spiro atoms. The minimum absolute atomic E-state index is 0.280. The number of hydrogen-bond acceptors (Lipinski definition) is 3. The van der Waals surface area contributed by atoms with Crippen molar-refractivity contribution in [2.75, 3.05) is 5.32 Å². The van der Waals surface area contributed by atoms with E-state index in [2.05, 4.69) is 5.32 Å². The highest BCUT2D eigenvalue weighted by atomic mass is 19.1. The summed E-state index contributed by atoms with van der Waals surface area (Å²) in [5, 5.41) is 13.7. The van der Waals surface area contributed by atoms with Crippen LogP contribution in [0.5, 0.6) is 0 Å². The Morgan fingerprint density at radius 3 is 2.55 bits per heavy atom. The van der Waals surface area contributed by atoms with Gasteiger partial charge in [0.1, 0.15) is 5.82 Å². The number of carboxylic acids is 1. The van der Waals surface area contributed by atoms with Crippen LogP contribution in [-0.4, -0.2) is 11.9 Å². The fourth-order valence-electron chi connectivity index (χ4n) is 2.33. The summed E-state index contributed by atoms with van der Waals surface area (Å²) in [5.41, 5.74) is 0.693. The molecule has 1 aromatic carbocycles. The topological polar surface area (TPSA) is 69.2 Å². The van der Waals surface area contributed by atoms with Crippen LogP contribution >= 0.6 is 0 Å². The predicted molar refractivity (Wildman–Crippen MR) is 70.1 cm³/mol. The molecule has 1 aliphatic rings. The van der Waals surface area contributed by atoms with Crippen LogP contribution in [-0.2, 0) is 9.59 Å². The van der Waals surface area contributed by atoms with Crippen molar-refractivity contribution >= 4 is 17.6 Å². The number of carbonyl (C=O) groups excluding carboxylic acids is 2. The fraction of sp³-hybridized carbons (Fsp3) is 0.333. The number of halogens is 1. The zero-order valence-corrected chi connectivity index (χ0v) is 11.1. The zero-order valence-electron chi connectivity index (χ0n) is 11.1. The molecule has 0 saturated carbocycles.